The summed E-state index contributed by atoms with van der Waals surface area (Å²) in [5, 5.41) is 0. The van der Waals surface area contributed by atoms with Gasteiger partial charge in [0, 0.05) is 31.2 Å². The molecule has 4 rings (SSSR count). The first-order valence-electron chi connectivity index (χ1n) is 10.4. The van der Waals surface area contributed by atoms with Crippen LogP contribution in [0.4, 0.5) is 0 Å². The summed E-state index contributed by atoms with van der Waals surface area (Å²) in [7, 11) is 6.11. The lowest BCUT2D eigenvalue weighted by atomic mass is 9.81. The maximum absolute atomic E-state index is 6.74. The van der Waals surface area contributed by atoms with E-state index in [-0.39, 0.29) is 5.60 Å². The second kappa shape index (κ2) is 8.14. The van der Waals surface area contributed by atoms with Gasteiger partial charge in [-0.3, -0.25) is 4.90 Å². The highest BCUT2D eigenvalue weighted by Crippen LogP contribution is 2.39. The predicted molar refractivity (Wildman–Crippen MR) is 113 cm³/mol. The fourth-order valence-corrected chi connectivity index (χ4v) is 4.71. The van der Waals surface area contributed by atoms with Gasteiger partial charge < -0.3 is 14.4 Å². The topological polar surface area (TPSA) is 24.9 Å². The molecule has 0 amide bonds. The molecule has 1 heterocycles. The van der Waals surface area contributed by atoms with Gasteiger partial charge in [0.2, 0.25) is 0 Å². The largest absolute Gasteiger partial charge is 0.497 e. The Labute approximate surface area is 169 Å². The third-order valence-corrected chi connectivity index (χ3v) is 6.37. The standard InChI is InChI=1S/C24H32N2O2/c1-25(2)21-12-14-24(15-13-21)18-26(16-19-8-10-22(27-3)11-9-19)17-20-6-4-5-7-23(20)28-24/h4-11,21H,12-18H2,1-3H3. The molecule has 150 valence electrons. The molecule has 0 N–H and O–H groups in total. The lowest BCUT2D eigenvalue weighted by molar-refractivity contribution is -0.0135. The van der Waals surface area contributed by atoms with Crippen LogP contribution in [0.15, 0.2) is 48.5 Å². The Morgan fingerprint density at radius 3 is 2.46 bits per heavy atom. The van der Waals surface area contributed by atoms with Gasteiger partial charge in [-0.1, -0.05) is 30.3 Å². The minimum Gasteiger partial charge on any atom is -0.497 e. The van der Waals surface area contributed by atoms with Crippen LogP contribution in [0.2, 0.25) is 0 Å². The van der Waals surface area contributed by atoms with Gasteiger partial charge in [-0.25, -0.2) is 0 Å². The van der Waals surface area contributed by atoms with Gasteiger partial charge in [0.15, 0.2) is 0 Å². The number of benzene rings is 2. The van der Waals surface area contributed by atoms with Gasteiger partial charge in [-0.2, -0.15) is 0 Å². The second-order valence-electron chi connectivity index (χ2n) is 8.58. The highest BCUT2D eigenvalue weighted by Gasteiger charge is 2.41. The van der Waals surface area contributed by atoms with Crippen molar-refractivity contribution in [1.82, 2.24) is 9.80 Å². The Balaban J connectivity index is 1.56. The van der Waals surface area contributed by atoms with Crippen molar-refractivity contribution in [1.29, 1.82) is 0 Å². The van der Waals surface area contributed by atoms with Gasteiger partial charge in [-0.15, -0.1) is 0 Å². The van der Waals surface area contributed by atoms with E-state index in [1.165, 1.54) is 24.0 Å². The molecule has 28 heavy (non-hydrogen) atoms. The molecule has 1 aliphatic carbocycles. The Bertz CT molecular complexity index is 779. The maximum atomic E-state index is 6.74. The first-order chi connectivity index (χ1) is 13.6. The van der Waals surface area contributed by atoms with Crippen molar-refractivity contribution in [3.8, 4) is 11.5 Å². The van der Waals surface area contributed by atoms with E-state index in [0.29, 0.717) is 6.04 Å². The summed E-state index contributed by atoms with van der Waals surface area (Å²) >= 11 is 0. The summed E-state index contributed by atoms with van der Waals surface area (Å²) in [6, 6.07) is 17.7. The fraction of sp³-hybridized carbons (Fsp3) is 0.500. The van der Waals surface area contributed by atoms with Crippen LogP contribution in [0.3, 0.4) is 0 Å². The molecule has 4 heteroatoms. The van der Waals surface area contributed by atoms with Crippen molar-refractivity contribution in [2.24, 2.45) is 0 Å². The number of hydrogen-bond acceptors (Lipinski definition) is 4. The van der Waals surface area contributed by atoms with E-state index in [4.69, 9.17) is 9.47 Å². The van der Waals surface area contributed by atoms with Gasteiger partial charge >= 0.3 is 0 Å². The highest BCUT2D eigenvalue weighted by atomic mass is 16.5. The van der Waals surface area contributed by atoms with E-state index in [1.807, 2.05) is 0 Å². The quantitative estimate of drug-likeness (QED) is 0.788. The Hall–Kier alpha value is -2.04. The zero-order valence-electron chi connectivity index (χ0n) is 17.4. The van der Waals surface area contributed by atoms with Crippen LogP contribution in [-0.4, -0.2) is 49.2 Å². The summed E-state index contributed by atoms with van der Waals surface area (Å²) < 4.78 is 12.0. The SMILES string of the molecule is COc1ccc(CN2Cc3ccccc3OC3(CCC(N(C)C)CC3)C2)cc1. The fourth-order valence-electron chi connectivity index (χ4n) is 4.71. The molecule has 0 unspecified atom stereocenters. The maximum Gasteiger partial charge on any atom is 0.124 e. The van der Waals surface area contributed by atoms with Crippen LogP contribution < -0.4 is 9.47 Å². The number of para-hydroxylation sites is 1. The lowest BCUT2D eigenvalue weighted by Gasteiger charge is -2.43. The summed E-state index contributed by atoms with van der Waals surface area (Å²) in [5.41, 5.74) is 2.53. The van der Waals surface area contributed by atoms with Crippen molar-refractivity contribution in [2.45, 2.75) is 50.4 Å². The van der Waals surface area contributed by atoms with E-state index in [9.17, 15) is 0 Å². The van der Waals surface area contributed by atoms with Crippen molar-refractivity contribution >= 4 is 0 Å². The van der Waals surface area contributed by atoms with Crippen LogP contribution in [0.25, 0.3) is 0 Å². The summed E-state index contributed by atoms with van der Waals surface area (Å²) in [4.78, 5) is 4.93. The molecule has 0 saturated heterocycles. The monoisotopic (exact) mass is 380 g/mol. The third-order valence-electron chi connectivity index (χ3n) is 6.37. The second-order valence-corrected chi connectivity index (χ2v) is 8.58. The first-order valence-corrected chi connectivity index (χ1v) is 10.4. The van der Waals surface area contributed by atoms with Crippen LogP contribution in [0, 0.1) is 0 Å². The van der Waals surface area contributed by atoms with Crippen LogP contribution in [-0.2, 0) is 13.1 Å². The number of rotatable bonds is 4. The highest BCUT2D eigenvalue weighted by molar-refractivity contribution is 5.35. The molecule has 2 aliphatic rings. The summed E-state index contributed by atoms with van der Waals surface area (Å²) in [6.07, 6.45) is 4.63. The van der Waals surface area contributed by atoms with Gasteiger partial charge in [0.25, 0.3) is 0 Å². The van der Waals surface area contributed by atoms with E-state index >= 15 is 0 Å². The molecule has 0 radical (unpaired) electrons. The van der Waals surface area contributed by atoms with Crippen molar-refractivity contribution in [2.75, 3.05) is 27.7 Å². The average molecular weight is 381 g/mol. The minimum absolute atomic E-state index is 0.0778. The number of ether oxygens (including phenoxy) is 2. The molecule has 4 nitrogen and oxygen atoms in total. The molecular formula is C24H32N2O2. The van der Waals surface area contributed by atoms with Crippen molar-refractivity contribution < 1.29 is 9.47 Å². The molecule has 1 fully saturated rings. The normalized spacial score (nSPS) is 25.2. The Morgan fingerprint density at radius 1 is 1.07 bits per heavy atom. The van der Waals surface area contributed by atoms with Crippen LogP contribution in [0.5, 0.6) is 11.5 Å². The molecule has 0 atom stereocenters. The predicted octanol–water partition coefficient (Wildman–Crippen LogP) is 4.33. The zero-order chi connectivity index (χ0) is 19.6. The van der Waals surface area contributed by atoms with Gasteiger partial charge in [0.05, 0.1) is 7.11 Å². The summed E-state index contributed by atoms with van der Waals surface area (Å²) in [6.45, 7) is 2.84. The third kappa shape index (κ3) is 4.18. The molecule has 2 aromatic rings. The molecule has 0 bridgehead atoms. The van der Waals surface area contributed by atoms with Crippen LogP contribution in [0.1, 0.15) is 36.8 Å². The number of methoxy groups -OCH3 is 1. The van der Waals surface area contributed by atoms with E-state index in [1.54, 1.807) is 7.11 Å². The smallest absolute Gasteiger partial charge is 0.124 e. The Kier molecular flexibility index (Phi) is 5.61. The summed E-state index contributed by atoms with van der Waals surface area (Å²) in [5.74, 6) is 1.98. The molecule has 2 aromatic carbocycles. The van der Waals surface area contributed by atoms with Crippen molar-refractivity contribution in [3.05, 3.63) is 59.7 Å². The first kappa shape index (κ1) is 19.3. The average Bonchev–Trinajstić information content (AvgIpc) is 2.85. The van der Waals surface area contributed by atoms with Crippen molar-refractivity contribution in [3.63, 3.8) is 0 Å². The molecule has 1 saturated carbocycles. The minimum atomic E-state index is -0.0778. The van der Waals surface area contributed by atoms with Gasteiger partial charge in [0.1, 0.15) is 17.1 Å². The zero-order valence-corrected chi connectivity index (χ0v) is 17.4. The van der Waals surface area contributed by atoms with E-state index < -0.39 is 0 Å². The van der Waals surface area contributed by atoms with E-state index in [0.717, 1.165) is 44.0 Å². The molecule has 1 aliphatic heterocycles. The number of hydrogen-bond donors (Lipinski definition) is 0. The number of fused-ring (bicyclic) bond motifs is 1. The molecule has 0 aromatic heterocycles. The van der Waals surface area contributed by atoms with E-state index in [2.05, 4.69) is 72.4 Å². The van der Waals surface area contributed by atoms with Crippen LogP contribution >= 0.6 is 0 Å². The molecular weight excluding hydrogens is 348 g/mol. The Morgan fingerprint density at radius 2 is 1.79 bits per heavy atom. The molecule has 1 spiro atoms. The lowest BCUT2D eigenvalue weighted by Crippen LogP contribution is -2.50. The number of nitrogens with zero attached hydrogens (tertiary/aromatic N) is 2. The van der Waals surface area contributed by atoms with Gasteiger partial charge in [-0.05, 0) is 63.5 Å².